The van der Waals surface area contributed by atoms with E-state index in [1.54, 1.807) is 24.3 Å². The number of ether oxygens (including phenoxy) is 1. The summed E-state index contributed by atoms with van der Waals surface area (Å²) in [5.74, 6) is -0.223. The van der Waals surface area contributed by atoms with Crippen molar-refractivity contribution in [3.05, 3.63) is 48.3 Å². The van der Waals surface area contributed by atoms with Gasteiger partial charge in [0.1, 0.15) is 22.6 Å². The Morgan fingerprint density at radius 1 is 1.15 bits per heavy atom. The number of hydrogen-bond acceptors (Lipinski definition) is 3. The maximum atomic E-state index is 14.2. The molecule has 2 aromatic carbocycles. The molecule has 1 amide bonds. The predicted octanol–water partition coefficient (Wildman–Crippen LogP) is 3.90. The Morgan fingerprint density at radius 3 is 2.65 bits per heavy atom. The summed E-state index contributed by atoms with van der Waals surface area (Å²) in [7, 11) is -1.66. The lowest BCUT2D eigenvalue weighted by molar-refractivity contribution is 0.192. The first kappa shape index (κ1) is 18.5. The van der Waals surface area contributed by atoms with Gasteiger partial charge in [-0.15, -0.1) is 0 Å². The van der Waals surface area contributed by atoms with Crippen LogP contribution in [0.25, 0.3) is 11.1 Å². The zero-order valence-corrected chi connectivity index (χ0v) is 15.1. The summed E-state index contributed by atoms with van der Waals surface area (Å²) in [4.78, 5) is 12.5. The fraction of sp³-hybridized carbons (Fsp3) is 0.316. The molecule has 1 fully saturated rings. The van der Waals surface area contributed by atoms with Gasteiger partial charge in [-0.05, 0) is 48.7 Å². The molecule has 0 aromatic heterocycles. The van der Waals surface area contributed by atoms with Crippen LogP contribution in [0.1, 0.15) is 32.1 Å². The molecule has 0 aliphatic heterocycles. The van der Waals surface area contributed by atoms with Gasteiger partial charge < -0.3 is 10.1 Å². The Labute approximate surface area is 154 Å². The standard InChI is InChI=1S/C19H21FN2O3S/c20-18-10-9-15(25-19(23)22-14-6-2-1-3-7-14)12-17(18)13-5-4-8-16(11-13)26(21)24/h4-5,8-12,14H,1-3,6-7,21H2,(H,22,23). The van der Waals surface area contributed by atoms with E-state index in [2.05, 4.69) is 5.32 Å². The van der Waals surface area contributed by atoms with Crippen LogP contribution in [-0.4, -0.2) is 16.3 Å². The maximum Gasteiger partial charge on any atom is 0.412 e. The predicted molar refractivity (Wildman–Crippen MR) is 98.5 cm³/mol. The molecule has 1 atom stereocenters. The number of nitrogens with two attached hydrogens (primary N) is 1. The Morgan fingerprint density at radius 2 is 1.92 bits per heavy atom. The summed E-state index contributed by atoms with van der Waals surface area (Å²) < 4.78 is 31.0. The Hall–Kier alpha value is -2.25. The topological polar surface area (TPSA) is 81.4 Å². The van der Waals surface area contributed by atoms with E-state index < -0.39 is 22.9 Å². The number of hydrogen-bond donors (Lipinski definition) is 2. The number of halogens is 1. The molecule has 3 rings (SSSR count). The van der Waals surface area contributed by atoms with Crippen molar-refractivity contribution in [2.45, 2.75) is 43.0 Å². The molecule has 26 heavy (non-hydrogen) atoms. The largest absolute Gasteiger partial charge is 0.412 e. The molecule has 1 unspecified atom stereocenters. The Bertz CT molecular complexity index is 822. The monoisotopic (exact) mass is 376 g/mol. The molecule has 138 valence electrons. The Balaban J connectivity index is 1.76. The normalized spacial score (nSPS) is 16.1. The minimum absolute atomic E-state index is 0.132. The van der Waals surface area contributed by atoms with Gasteiger partial charge in [-0.25, -0.2) is 18.5 Å². The number of nitrogens with one attached hydrogen (secondary N) is 1. The first-order valence-electron chi connectivity index (χ1n) is 8.57. The summed E-state index contributed by atoms with van der Waals surface area (Å²) in [6.45, 7) is 0. The minimum Gasteiger partial charge on any atom is -0.410 e. The van der Waals surface area contributed by atoms with Gasteiger partial charge in [0, 0.05) is 11.6 Å². The fourth-order valence-electron chi connectivity index (χ4n) is 3.13. The van der Waals surface area contributed by atoms with Crippen LogP contribution in [0.15, 0.2) is 47.4 Å². The van der Waals surface area contributed by atoms with E-state index in [0.717, 1.165) is 25.7 Å². The molecule has 0 radical (unpaired) electrons. The lowest BCUT2D eigenvalue weighted by atomic mass is 9.96. The highest BCUT2D eigenvalue weighted by atomic mass is 32.2. The first-order valence-corrected chi connectivity index (χ1v) is 9.79. The van der Waals surface area contributed by atoms with Gasteiger partial charge in [0.05, 0.1) is 4.90 Å². The molecule has 0 saturated heterocycles. The lowest BCUT2D eigenvalue weighted by Gasteiger charge is -2.22. The molecular formula is C19H21FN2O3S. The lowest BCUT2D eigenvalue weighted by Crippen LogP contribution is -2.38. The highest BCUT2D eigenvalue weighted by Crippen LogP contribution is 2.28. The second-order valence-corrected chi connectivity index (χ2v) is 7.40. The molecule has 2 aromatic rings. The van der Waals surface area contributed by atoms with E-state index in [1.807, 2.05) is 0 Å². The van der Waals surface area contributed by atoms with Crippen molar-refractivity contribution in [1.29, 1.82) is 0 Å². The molecule has 7 heteroatoms. The van der Waals surface area contributed by atoms with Gasteiger partial charge >= 0.3 is 6.09 Å². The number of carbonyl (C=O) groups excluding carboxylic acids is 1. The second-order valence-electron chi connectivity index (χ2n) is 6.34. The summed E-state index contributed by atoms with van der Waals surface area (Å²) in [5.41, 5.74) is 0.761. The molecule has 0 bridgehead atoms. The summed E-state index contributed by atoms with van der Waals surface area (Å²) in [5, 5.41) is 8.24. The summed E-state index contributed by atoms with van der Waals surface area (Å²) in [6, 6.07) is 10.7. The highest BCUT2D eigenvalue weighted by Gasteiger charge is 2.17. The fourth-order valence-corrected chi connectivity index (χ4v) is 3.58. The molecule has 5 nitrogen and oxygen atoms in total. The van der Waals surface area contributed by atoms with Crippen molar-refractivity contribution in [3.63, 3.8) is 0 Å². The van der Waals surface area contributed by atoms with Gasteiger partial charge in [0.2, 0.25) is 0 Å². The quantitative estimate of drug-likeness (QED) is 0.849. The van der Waals surface area contributed by atoms with Crippen LogP contribution in [-0.2, 0) is 11.0 Å². The van der Waals surface area contributed by atoms with Crippen molar-refractivity contribution < 1.29 is 18.1 Å². The molecule has 1 aliphatic rings. The van der Waals surface area contributed by atoms with Gasteiger partial charge in [0.15, 0.2) is 0 Å². The number of rotatable bonds is 4. The van der Waals surface area contributed by atoms with Crippen molar-refractivity contribution >= 4 is 17.1 Å². The van der Waals surface area contributed by atoms with Gasteiger partial charge in [-0.2, -0.15) is 0 Å². The minimum atomic E-state index is -1.66. The van der Waals surface area contributed by atoms with E-state index in [1.165, 1.54) is 24.6 Å². The Kier molecular flexibility index (Phi) is 6.00. The van der Waals surface area contributed by atoms with Crippen molar-refractivity contribution in [2.24, 2.45) is 5.14 Å². The molecule has 0 heterocycles. The van der Waals surface area contributed by atoms with Crippen LogP contribution in [0.2, 0.25) is 0 Å². The SMILES string of the molecule is NS(=O)c1cccc(-c2cc(OC(=O)NC3CCCCC3)ccc2F)c1. The molecule has 1 saturated carbocycles. The van der Waals surface area contributed by atoms with Crippen molar-refractivity contribution in [1.82, 2.24) is 5.32 Å². The van der Waals surface area contributed by atoms with E-state index in [0.29, 0.717) is 10.5 Å². The van der Waals surface area contributed by atoms with Crippen LogP contribution in [0, 0.1) is 5.82 Å². The van der Waals surface area contributed by atoms with E-state index in [-0.39, 0.29) is 17.4 Å². The van der Waals surface area contributed by atoms with Crippen LogP contribution in [0.3, 0.4) is 0 Å². The second kappa shape index (κ2) is 8.42. The maximum absolute atomic E-state index is 14.2. The van der Waals surface area contributed by atoms with Gasteiger partial charge in [-0.3, -0.25) is 0 Å². The first-order chi connectivity index (χ1) is 12.5. The molecule has 0 spiro atoms. The van der Waals surface area contributed by atoms with Crippen molar-refractivity contribution in [2.75, 3.05) is 0 Å². The third kappa shape index (κ3) is 4.68. The van der Waals surface area contributed by atoms with Crippen LogP contribution in [0.5, 0.6) is 5.75 Å². The van der Waals surface area contributed by atoms with Crippen LogP contribution >= 0.6 is 0 Å². The average Bonchev–Trinajstić information content (AvgIpc) is 2.64. The van der Waals surface area contributed by atoms with Crippen molar-refractivity contribution in [3.8, 4) is 16.9 Å². The van der Waals surface area contributed by atoms with Crippen LogP contribution in [0.4, 0.5) is 9.18 Å². The molecule has 3 N–H and O–H groups in total. The van der Waals surface area contributed by atoms with E-state index in [9.17, 15) is 13.4 Å². The van der Waals surface area contributed by atoms with E-state index in [4.69, 9.17) is 9.88 Å². The van der Waals surface area contributed by atoms with E-state index >= 15 is 0 Å². The summed E-state index contributed by atoms with van der Waals surface area (Å²) in [6.07, 6.45) is 4.77. The van der Waals surface area contributed by atoms with Crippen LogP contribution < -0.4 is 15.2 Å². The summed E-state index contributed by atoms with van der Waals surface area (Å²) >= 11 is 0. The van der Waals surface area contributed by atoms with Gasteiger partial charge in [0.25, 0.3) is 0 Å². The molecular weight excluding hydrogens is 355 g/mol. The smallest absolute Gasteiger partial charge is 0.410 e. The third-order valence-electron chi connectivity index (χ3n) is 4.45. The number of amides is 1. The third-order valence-corrected chi connectivity index (χ3v) is 5.17. The number of carbonyl (C=O) groups is 1. The zero-order chi connectivity index (χ0) is 18.5. The average molecular weight is 376 g/mol. The zero-order valence-electron chi connectivity index (χ0n) is 14.2. The highest BCUT2D eigenvalue weighted by molar-refractivity contribution is 7.82. The van der Waals surface area contributed by atoms with Gasteiger partial charge in [-0.1, -0.05) is 31.4 Å². The number of benzene rings is 2. The molecule has 1 aliphatic carbocycles.